The van der Waals surface area contributed by atoms with Crippen molar-refractivity contribution in [3.05, 3.63) is 35.6 Å². The van der Waals surface area contributed by atoms with E-state index in [1.165, 1.54) is 31.4 Å². The summed E-state index contributed by atoms with van der Waals surface area (Å²) in [7, 11) is 1.49. The Hall–Kier alpha value is -1.73. The van der Waals surface area contributed by atoms with Gasteiger partial charge in [0.1, 0.15) is 11.7 Å². The Bertz CT molecular complexity index is 394. The molecule has 0 heterocycles. The molecule has 0 amide bonds. The van der Waals surface area contributed by atoms with Crippen LogP contribution in [0.15, 0.2) is 24.3 Å². The van der Waals surface area contributed by atoms with Crippen LogP contribution in [0.3, 0.4) is 0 Å². The summed E-state index contributed by atoms with van der Waals surface area (Å²) in [5.41, 5.74) is 0.519. The maximum Gasteiger partial charge on any atom is 0.156 e. The van der Waals surface area contributed by atoms with E-state index in [4.69, 9.17) is 10.00 Å². The Labute approximate surface area is 93.5 Å². The van der Waals surface area contributed by atoms with Gasteiger partial charge in [-0.3, -0.25) is 4.79 Å². The number of carbonyl (C=O) groups is 1. The van der Waals surface area contributed by atoms with Crippen molar-refractivity contribution in [1.29, 1.82) is 5.26 Å². The summed E-state index contributed by atoms with van der Waals surface area (Å²) in [4.78, 5) is 11.6. The van der Waals surface area contributed by atoms with Crippen LogP contribution in [0.25, 0.3) is 0 Å². The molecule has 0 aliphatic rings. The molecule has 1 unspecified atom stereocenters. The van der Waals surface area contributed by atoms with Crippen LogP contribution in [0.1, 0.15) is 17.9 Å². The summed E-state index contributed by atoms with van der Waals surface area (Å²) in [5, 5.41) is 8.91. The number of carbonyl (C=O) groups excluding carboxylic acids is 1. The van der Waals surface area contributed by atoms with Gasteiger partial charge in [-0.2, -0.15) is 5.26 Å². The lowest BCUT2D eigenvalue weighted by atomic mass is 9.94. The first-order valence-electron chi connectivity index (χ1n) is 4.85. The van der Waals surface area contributed by atoms with Crippen LogP contribution in [0, 0.1) is 17.1 Å². The number of hydrogen-bond donors (Lipinski definition) is 0. The molecule has 1 aromatic carbocycles. The van der Waals surface area contributed by atoms with Gasteiger partial charge in [0, 0.05) is 13.5 Å². The molecule has 0 aliphatic carbocycles. The van der Waals surface area contributed by atoms with Crippen LogP contribution in [-0.2, 0) is 9.53 Å². The van der Waals surface area contributed by atoms with Crippen molar-refractivity contribution < 1.29 is 13.9 Å². The van der Waals surface area contributed by atoms with E-state index in [-0.39, 0.29) is 24.6 Å². The van der Waals surface area contributed by atoms with Crippen molar-refractivity contribution in [2.24, 2.45) is 0 Å². The molecule has 0 N–H and O–H groups in total. The lowest BCUT2D eigenvalue weighted by Gasteiger charge is -2.07. The average molecular weight is 221 g/mol. The highest BCUT2D eigenvalue weighted by atomic mass is 19.1. The fraction of sp³-hybridized carbons (Fsp3) is 0.333. The van der Waals surface area contributed by atoms with Crippen molar-refractivity contribution in [3.8, 4) is 6.07 Å². The summed E-state index contributed by atoms with van der Waals surface area (Å²) in [6.07, 6.45) is 0.187. The molecule has 84 valence electrons. The van der Waals surface area contributed by atoms with E-state index in [9.17, 15) is 9.18 Å². The van der Waals surface area contributed by atoms with Crippen LogP contribution < -0.4 is 0 Å². The highest BCUT2D eigenvalue weighted by Crippen LogP contribution is 2.17. The number of rotatable bonds is 5. The Morgan fingerprint density at radius 3 is 2.62 bits per heavy atom. The summed E-state index contributed by atoms with van der Waals surface area (Å²) in [5.74, 6) is -1.43. The molecule has 0 spiro atoms. The lowest BCUT2D eigenvalue weighted by molar-refractivity contribution is -0.120. The van der Waals surface area contributed by atoms with Gasteiger partial charge in [0.15, 0.2) is 5.78 Å². The zero-order chi connectivity index (χ0) is 12.0. The van der Waals surface area contributed by atoms with Gasteiger partial charge in [0.2, 0.25) is 0 Å². The van der Waals surface area contributed by atoms with E-state index in [0.717, 1.165) is 0 Å². The second-order valence-electron chi connectivity index (χ2n) is 3.32. The molecule has 1 aromatic rings. The third kappa shape index (κ3) is 3.14. The molecule has 1 atom stereocenters. The molecule has 0 saturated carbocycles. The summed E-state index contributed by atoms with van der Waals surface area (Å²) < 4.78 is 17.4. The van der Waals surface area contributed by atoms with Gasteiger partial charge in [0.25, 0.3) is 0 Å². The van der Waals surface area contributed by atoms with E-state index < -0.39 is 5.92 Å². The molecular weight excluding hydrogens is 209 g/mol. The van der Waals surface area contributed by atoms with Crippen LogP contribution in [-0.4, -0.2) is 19.5 Å². The van der Waals surface area contributed by atoms with Crippen LogP contribution in [0.4, 0.5) is 4.39 Å². The number of nitrogens with zero attached hydrogens (tertiary/aromatic N) is 1. The van der Waals surface area contributed by atoms with Gasteiger partial charge in [-0.05, 0) is 17.7 Å². The molecule has 0 aliphatic heterocycles. The number of halogens is 1. The first-order chi connectivity index (χ1) is 7.69. The lowest BCUT2D eigenvalue weighted by Crippen LogP contribution is -2.12. The molecule has 0 saturated heterocycles. The molecule has 3 nitrogen and oxygen atoms in total. The molecule has 4 heteroatoms. The monoisotopic (exact) mass is 221 g/mol. The predicted molar refractivity (Wildman–Crippen MR) is 56.3 cm³/mol. The van der Waals surface area contributed by atoms with Gasteiger partial charge < -0.3 is 4.74 Å². The second kappa shape index (κ2) is 5.99. The number of Topliss-reactive ketones (excluding diaryl/α,β-unsaturated/α-hetero) is 1. The van der Waals surface area contributed by atoms with E-state index in [0.29, 0.717) is 5.56 Å². The SMILES string of the molecule is COCCC(=O)C(C#N)c1ccc(F)cc1. The quantitative estimate of drug-likeness (QED) is 0.764. The number of nitriles is 1. The van der Waals surface area contributed by atoms with Crippen molar-refractivity contribution in [2.45, 2.75) is 12.3 Å². The van der Waals surface area contributed by atoms with E-state index >= 15 is 0 Å². The van der Waals surface area contributed by atoms with Crippen LogP contribution in [0.5, 0.6) is 0 Å². The standard InChI is InChI=1S/C12H12FNO2/c1-16-7-6-12(15)11(8-14)9-2-4-10(13)5-3-9/h2-5,11H,6-7H2,1H3. The van der Waals surface area contributed by atoms with E-state index in [1.807, 2.05) is 6.07 Å². The minimum atomic E-state index is -0.837. The average Bonchev–Trinajstić information content (AvgIpc) is 2.30. The second-order valence-corrected chi connectivity index (χ2v) is 3.32. The zero-order valence-electron chi connectivity index (χ0n) is 8.94. The van der Waals surface area contributed by atoms with E-state index in [2.05, 4.69) is 0 Å². The first-order valence-corrected chi connectivity index (χ1v) is 4.85. The summed E-state index contributed by atoms with van der Waals surface area (Å²) in [6.45, 7) is 0.290. The molecule has 0 bridgehead atoms. The molecule has 16 heavy (non-hydrogen) atoms. The predicted octanol–water partition coefficient (Wildman–Crippen LogP) is 2.04. The van der Waals surface area contributed by atoms with Gasteiger partial charge >= 0.3 is 0 Å². The fourth-order valence-electron chi connectivity index (χ4n) is 1.33. The maximum atomic E-state index is 12.7. The van der Waals surface area contributed by atoms with Gasteiger partial charge in [-0.25, -0.2) is 4.39 Å². The molecule has 1 rings (SSSR count). The van der Waals surface area contributed by atoms with E-state index in [1.54, 1.807) is 0 Å². The minimum Gasteiger partial charge on any atom is -0.384 e. The smallest absolute Gasteiger partial charge is 0.156 e. The number of ketones is 1. The maximum absolute atomic E-state index is 12.7. The van der Waals surface area contributed by atoms with Crippen LogP contribution in [0.2, 0.25) is 0 Å². The van der Waals surface area contributed by atoms with Crippen molar-refractivity contribution in [2.75, 3.05) is 13.7 Å². The normalized spacial score (nSPS) is 11.8. The number of methoxy groups -OCH3 is 1. The Balaban J connectivity index is 2.79. The summed E-state index contributed by atoms with van der Waals surface area (Å²) in [6, 6.07) is 7.30. The highest BCUT2D eigenvalue weighted by Gasteiger charge is 2.19. The Morgan fingerprint density at radius 2 is 2.12 bits per heavy atom. The fourth-order valence-corrected chi connectivity index (χ4v) is 1.33. The number of benzene rings is 1. The van der Waals surface area contributed by atoms with Gasteiger partial charge in [-0.1, -0.05) is 12.1 Å². The first kappa shape index (κ1) is 12.3. The van der Waals surface area contributed by atoms with Crippen molar-refractivity contribution in [1.82, 2.24) is 0 Å². The van der Waals surface area contributed by atoms with Gasteiger partial charge in [-0.15, -0.1) is 0 Å². The minimum absolute atomic E-state index is 0.187. The topological polar surface area (TPSA) is 50.1 Å². The zero-order valence-corrected chi connectivity index (χ0v) is 8.94. The molecule has 0 radical (unpaired) electrons. The van der Waals surface area contributed by atoms with Gasteiger partial charge in [0.05, 0.1) is 12.7 Å². The third-order valence-corrected chi connectivity index (χ3v) is 2.21. The van der Waals surface area contributed by atoms with Crippen molar-refractivity contribution >= 4 is 5.78 Å². The number of ether oxygens (including phenoxy) is 1. The largest absolute Gasteiger partial charge is 0.384 e. The summed E-state index contributed by atoms with van der Waals surface area (Å²) >= 11 is 0. The third-order valence-electron chi connectivity index (χ3n) is 2.21. The Morgan fingerprint density at radius 1 is 1.50 bits per heavy atom. The molecule has 0 aromatic heterocycles. The molecule has 0 fully saturated rings. The Kier molecular flexibility index (Phi) is 4.62. The van der Waals surface area contributed by atoms with Crippen LogP contribution >= 0.6 is 0 Å². The van der Waals surface area contributed by atoms with Crippen molar-refractivity contribution in [3.63, 3.8) is 0 Å². The molecular formula is C12H12FNO2. The highest BCUT2D eigenvalue weighted by molar-refractivity contribution is 5.88. The number of hydrogen-bond acceptors (Lipinski definition) is 3.